The van der Waals surface area contributed by atoms with E-state index in [0.29, 0.717) is 6.04 Å². The third-order valence-electron chi connectivity index (χ3n) is 4.34. The second-order valence-corrected chi connectivity index (χ2v) is 5.77. The molecule has 3 atom stereocenters. The molecule has 0 radical (unpaired) electrons. The van der Waals surface area contributed by atoms with Crippen molar-refractivity contribution >= 4 is 0 Å². The van der Waals surface area contributed by atoms with Gasteiger partial charge < -0.3 is 10.1 Å². The molecular weight excluding hydrogens is 252 g/mol. The van der Waals surface area contributed by atoms with E-state index in [1.807, 2.05) is 12.4 Å². The van der Waals surface area contributed by atoms with E-state index in [2.05, 4.69) is 27.1 Å². The number of nitrogens with zero attached hydrogens (tertiary/aromatic N) is 3. The Morgan fingerprint density at radius 1 is 1.45 bits per heavy atom. The monoisotopic (exact) mass is 276 g/mol. The highest BCUT2D eigenvalue weighted by Crippen LogP contribution is 2.28. The van der Waals surface area contributed by atoms with Crippen molar-refractivity contribution in [3.05, 3.63) is 24.3 Å². The number of aromatic nitrogens is 2. The molecule has 0 saturated carbocycles. The van der Waals surface area contributed by atoms with Crippen molar-refractivity contribution in [1.82, 2.24) is 20.2 Å². The molecule has 5 nitrogen and oxygen atoms in total. The van der Waals surface area contributed by atoms with Gasteiger partial charge in [0.2, 0.25) is 0 Å². The smallest absolute Gasteiger partial charge is 0.115 e. The Balaban J connectivity index is 1.72. The van der Waals surface area contributed by atoms with Gasteiger partial charge in [-0.05, 0) is 32.4 Å². The Morgan fingerprint density at radius 2 is 2.30 bits per heavy atom. The first-order chi connectivity index (χ1) is 9.88. The van der Waals surface area contributed by atoms with Gasteiger partial charge in [-0.3, -0.25) is 4.90 Å². The first-order valence-corrected chi connectivity index (χ1v) is 7.72. The zero-order valence-corrected chi connectivity index (χ0v) is 12.2. The predicted octanol–water partition coefficient (Wildman–Crippen LogP) is 1.38. The second kappa shape index (κ2) is 6.61. The zero-order chi connectivity index (χ0) is 13.8. The number of ether oxygens (including phenoxy) is 1. The Morgan fingerprint density at radius 3 is 3.10 bits per heavy atom. The molecule has 3 unspecified atom stereocenters. The Labute approximate surface area is 120 Å². The highest BCUT2D eigenvalue weighted by atomic mass is 16.5. The molecule has 1 N–H and O–H groups in total. The van der Waals surface area contributed by atoms with Crippen LogP contribution in [0.4, 0.5) is 0 Å². The van der Waals surface area contributed by atoms with E-state index in [4.69, 9.17) is 4.74 Å². The first-order valence-electron chi connectivity index (χ1n) is 7.72. The van der Waals surface area contributed by atoms with Gasteiger partial charge in [0, 0.05) is 30.5 Å². The van der Waals surface area contributed by atoms with Gasteiger partial charge in [-0.2, -0.15) is 0 Å². The maximum absolute atomic E-state index is 6.15. The number of fused-ring (bicyclic) bond motifs is 1. The predicted molar refractivity (Wildman–Crippen MR) is 77.4 cm³/mol. The van der Waals surface area contributed by atoms with Crippen molar-refractivity contribution in [1.29, 1.82) is 0 Å². The molecule has 5 heteroatoms. The molecule has 0 aliphatic carbocycles. The number of hydrogen-bond donors (Lipinski definition) is 1. The Kier molecular flexibility index (Phi) is 4.60. The number of hydrogen-bond acceptors (Lipinski definition) is 5. The van der Waals surface area contributed by atoms with E-state index < -0.39 is 0 Å². The van der Waals surface area contributed by atoms with Crippen molar-refractivity contribution in [2.45, 2.75) is 44.4 Å². The van der Waals surface area contributed by atoms with Crippen LogP contribution in [0.5, 0.6) is 0 Å². The number of morpholine rings is 1. The molecule has 0 amide bonds. The summed E-state index contributed by atoms with van der Waals surface area (Å²) in [5.41, 5.74) is 1.13. The Bertz CT molecular complexity index is 414. The average Bonchev–Trinajstić information content (AvgIpc) is 2.96. The SMILES string of the molecule is CCCNC(c1cncnc1)C1CN2CCCC2CO1. The maximum Gasteiger partial charge on any atom is 0.115 e. The summed E-state index contributed by atoms with van der Waals surface area (Å²) in [6.07, 6.45) is 9.29. The van der Waals surface area contributed by atoms with Gasteiger partial charge in [0.15, 0.2) is 0 Å². The fourth-order valence-electron chi connectivity index (χ4n) is 3.28. The Hall–Kier alpha value is -1.04. The molecule has 1 aromatic heterocycles. The van der Waals surface area contributed by atoms with Crippen LogP contribution in [0.25, 0.3) is 0 Å². The summed E-state index contributed by atoms with van der Waals surface area (Å²) in [5, 5.41) is 3.60. The summed E-state index contributed by atoms with van der Waals surface area (Å²) >= 11 is 0. The topological polar surface area (TPSA) is 50.3 Å². The highest BCUT2D eigenvalue weighted by Gasteiger charge is 2.36. The molecule has 110 valence electrons. The van der Waals surface area contributed by atoms with Gasteiger partial charge in [-0.25, -0.2) is 9.97 Å². The third kappa shape index (κ3) is 3.00. The molecule has 2 fully saturated rings. The van der Waals surface area contributed by atoms with Crippen LogP contribution >= 0.6 is 0 Å². The minimum absolute atomic E-state index is 0.192. The van der Waals surface area contributed by atoms with Gasteiger partial charge in [0.05, 0.1) is 18.8 Å². The van der Waals surface area contributed by atoms with Crippen molar-refractivity contribution < 1.29 is 4.74 Å². The standard InChI is InChI=1S/C15H24N4O/c1-2-5-18-15(12-7-16-11-17-8-12)14-9-19-6-3-4-13(19)10-20-14/h7-8,11,13-15,18H,2-6,9-10H2,1H3. The fourth-order valence-corrected chi connectivity index (χ4v) is 3.28. The van der Waals surface area contributed by atoms with Crippen molar-refractivity contribution in [3.8, 4) is 0 Å². The molecule has 1 aromatic rings. The lowest BCUT2D eigenvalue weighted by molar-refractivity contribution is -0.0653. The van der Waals surface area contributed by atoms with Crippen LogP contribution < -0.4 is 5.32 Å². The summed E-state index contributed by atoms with van der Waals surface area (Å²) in [4.78, 5) is 10.9. The van der Waals surface area contributed by atoms with Crippen LogP contribution in [0.3, 0.4) is 0 Å². The lowest BCUT2D eigenvalue weighted by atomic mass is 10.0. The van der Waals surface area contributed by atoms with E-state index in [-0.39, 0.29) is 12.1 Å². The average molecular weight is 276 g/mol. The maximum atomic E-state index is 6.15. The third-order valence-corrected chi connectivity index (χ3v) is 4.34. The van der Waals surface area contributed by atoms with Crippen LogP contribution in [0.2, 0.25) is 0 Å². The van der Waals surface area contributed by atoms with Gasteiger partial charge in [0.1, 0.15) is 6.33 Å². The molecule has 3 heterocycles. The fraction of sp³-hybridized carbons (Fsp3) is 0.733. The molecule has 2 aliphatic heterocycles. The molecule has 3 rings (SSSR count). The molecule has 2 saturated heterocycles. The number of nitrogens with one attached hydrogen (secondary N) is 1. The highest BCUT2D eigenvalue weighted by molar-refractivity contribution is 5.12. The summed E-state index contributed by atoms with van der Waals surface area (Å²) in [6.45, 7) is 6.27. The zero-order valence-electron chi connectivity index (χ0n) is 12.2. The summed E-state index contributed by atoms with van der Waals surface area (Å²) in [5.74, 6) is 0. The van der Waals surface area contributed by atoms with Crippen LogP contribution in [0.15, 0.2) is 18.7 Å². The van der Waals surface area contributed by atoms with Gasteiger partial charge in [-0.1, -0.05) is 6.92 Å². The quantitative estimate of drug-likeness (QED) is 0.880. The van der Waals surface area contributed by atoms with Crippen molar-refractivity contribution in [2.24, 2.45) is 0 Å². The van der Waals surface area contributed by atoms with Crippen molar-refractivity contribution in [3.63, 3.8) is 0 Å². The largest absolute Gasteiger partial charge is 0.373 e. The van der Waals surface area contributed by atoms with Gasteiger partial charge in [-0.15, -0.1) is 0 Å². The summed E-state index contributed by atoms with van der Waals surface area (Å²) in [7, 11) is 0. The van der Waals surface area contributed by atoms with E-state index in [0.717, 1.165) is 31.7 Å². The van der Waals surface area contributed by atoms with Gasteiger partial charge in [0.25, 0.3) is 0 Å². The van der Waals surface area contributed by atoms with E-state index in [9.17, 15) is 0 Å². The molecule has 0 aromatic carbocycles. The summed E-state index contributed by atoms with van der Waals surface area (Å²) in [6, 6.07) is 0.836. The van der Waals surface area contributed by atoms with Crippen LogP contribution in [0, 0.1) is 0 Å². The van der Waals surface area contributed by atoms with Crippen LogP contribution in [-0.4, -0.2) is 53.3 Å². The molecular formula is C15H24N4O. The van der Waals surface area contributed by atoms with Crippen molar-refractivity contribution in [2.75, 3.05) is 26.2 Å². The van der Waals surface area contributed by atoms with E-state index in [1.165, 1.54) is 19.4 Å². The van der Waals surface area contributed by atoms with Crippen LogP contribution in [0.1, 0.15) is 37.8 Å². The molecule has 0 bridgehead atoms. The molecule has 2 aliphatic rings. The lowest BCUT2D eigenvalue weighted by Gasteiger charge is -2.39. The van der Waals surface area contributed by atoms with E-state index >= 15 is 0 Å². The molecule has 0 spiro atoms. The lowest BCUT2D eigenvalue weighted by Crippen LogP contribution is -2.50. The minimum Gasteiger partial charge on any atom is -0.373 e. The minimum atomic E-state index is 0.192. The normalized spacial score (nSPS) is 28.2. The van der Waals surface area contributed by atoms with Crippen LogP contribution in [-0.2, 0) is 4.74 Å². The first kappa shape index (κ1) is 13.9. The van der Waals surface area contributed by atoms with Gasteiger partial charge >= 0.3 is 0 Å². The second-order valence-electron chi connectivity index (χ2n) is 5.77. The number of rotatable bonds is 5. The summed E-state index contributed by atoms with van der Waals surface area (Å²) < 4.78 is 6.15. The molecule has 20 heavy (non-hydrogen) atoms. The van der Waals surface area contributed by atoms with E-state index in [1.54, 1.807) is 6.33 Å².